The molecule has 0 saturated carbocycles. The van der Waals surface area contributed by atoms with Crippen LogP contribution in [0.3, 0.4) is 0 Å². The van der Waals surface area contributed by atoms with Gasteiger partial charge in [0.1, 0.15) is 4.75 Å². The molecule has 0 aliphatic carbocycles. The van der Waals surface area contributed by atoms with E-state index in [4.69, 9.17) is 11.6 Å². The zero-order chi connectivity index (χ0) is 22.0. The summed E-state index contributed by atoms with van der Waals surface area (Å²) in [5.41, 5.74) is 1.54. The molecule has 3 aromatic carbocycles. The third-order valence-electron chi connectivity index (χ3n) is 5.26. The van der Waals surface area contributed by atoms with Crippen LogP contribution < -0.4 is 4.90 Å². The monoisotopic (exact) mass is 452 g/mol. The van der Waals surface area contributed by atoms with Gasteiger partial charge in [-0.05, 0) is 47.2 Å². The highest BCUT2D eigenvalue weighted by Crippen LogP contribution is 2.55. The van der Waals surface area contributed by atoms with E-state index in [0.717, 1.165) is 16.7 Å². The van der Waals surface area contributed by atoms with Gasteiger partial charge in [0.15, 0.2) is 0 Å². The Kier molecular flexibility index (Phi) is 5.80. The third-order valence-corrected chi connectivity index (χ3v) is 6.89. The normalized spacial score (nSPS) is 19.5. The van der Waals surface area contributed by atoms with Gasteiger partial charge in [-0.15, -0.1) is 0 Å². The van der Waals surface area contributed by atoms with Crippen LogP contribution in [0.1, 0.15) is 17.0 Å². The predicted octanol–water partition coefficient (Wildman–Crippen LogP) is 5.50. The molecular weight excluding hydrogens is 436 g/mol. The zero-order valence-electron chi connectivity index (χ0n) is 16.2. The number of nitro groups is 1. The van der Waals surface area contributed by atoms with Crippen molar-refractivity contribution in [2.45, 2.75) is 10.7 Å². The van der Waals surface area contributed by atoms with E-state index >= 15 is 0 Å². The Morgan fingerprint density at radius 3 is 2.10 bits per heavy atom. The summed E-state index contributed by atoms with van der Waals surface area (Å²) in [6.45, 7) is -0.501. The number of nitrogens with zero attached hydrogens (tertiary/aromatic N) is 2. The van der Waals surface area contributed by atoms with E-state index < -0.39 is 33.3 Å². The van der Waals surface area contributed by atoms with Crippen molar-refractivity contribution in [3.8, 4) is 0 Å². The average Bonchev–Trinajstić information content (AvgIpc) is 3.05. The molecule has 8 heteroatoms. The lowest BCUT2D eigenvalue weighted by Crippen LogP contribution is -2.44. The second kappa shape index (κ2) is 8.53. The first kappa shape index (κ1) is 21.1. The van der Waals surface area contributed by atoms with Gasteiger partial charge in [-0.25, -0.2) is 4.90 Å². The molecular formula is C23H17ClN2O4S. The van der Waals surface area contributed by atoms with E-state index in [9.17, 15) is 19.7 Å². The van der Waals surface area contributed by atoms with Crippen LogP contribution >= 0.6 is 23.4 Å². The molecule has 2 amide bonds. The molecule has 1 aliphatic rings. The molecule has 0 unspecified atom stereocenters. The van der Waals surface area contributed by atoms with Crippen LogP contribution in [0.25, 0.3) is 0 Å². The topological polar surface area (TPSA) is 80.5 Å². The lowest BCUT2D eigenvalue weighted by molar-refractivity contribution is -0.484. The van der Waals surface area contributed by atoms with E-state index in [0.29, 0.717) is 21.8 Å². The smallest absolute Gasteiger partial charge is 0.272 e. The molecule has 1 fully saturated rings. The van der Waals surface area contributed by atoms with Crippen molar-refractivity contribution in [2.24, 2.45) is 0 Å². The number of thioether (sulfide) groups is 1. The van der Waals surface area contributed by atoms with Crippen molar-refractivity contribution in [3.05, 3.63) is 111 Å². The number of hydrogen-bond acceptors (Lipinski definition) is 5. The fourth-order valence-corrected chi connectivity index (χ4v) is 5.35. The molecule has 2 atom stereocenters. The summed E-state index contributed by atoms with van der Waals surface area (Å²) in [5.74, 6) is -1.36. The fraction of sp³-hybridized carbons (Fsp3) is 0.130. The zero-order valence-corrected chi connectivity index (χ0v) is 17.8. The molecule has 0 spiro atoms. The second-order valence-electron chi connectivity index (χ2n) is 7.07. The Bertz CT molecular complexity index is 1130. The molecule has 4 rings (SSSR count). The summed E-state index contributed by atoms with van der Waals surface area (Å²) in [6.07, 6.45) is 0. The SMILES string of the molecule is O=C1S[C@](c2ccccc2)([C@H](C[N+](=O)[O-])c2ccccc2)C(=O)N1c1ccc(Cl)cc1. The van der Waals surface area contributed by atoms with Crippen LogP contribution in [0.2, 0.25) is 5.02 Å². The molecule has 0 N–H and O–H groups in total. The fourth-order valence-electron chi connectivity index (χ4n) is 3.88. The van der Waals surface area contributed by atoms with Gasteiger partial charge < -0.3 is 0 Å². The maximum absolute atomic E-state index is 13.9. The minimum atomic E-state index is -1.48. The van der Waals surface area contributed by atoms with E-state index in [1.165, 1.54) is 0 Å². The van der Waals surface area contributed by atoms with Crippen LogP contribution in [0, 0.1) is 10.1 Å². The van der Waals surface area contributed by atoms with Crippen LogP contribution in [-0.2, 0) is 9.54 Å². The van der Waals surface area contributed by atoms with Crippen LogP contribution in [-0.4, -0.2) is 22.6 Å². The Labute approximate surface area is 188 Å². The number of rotatable bonds is 6. The molecule has 1 saturated heterocycles. The number of imide groups is 1. The minimum Gasteiger partial charge on any atom is -0.272 e. The van der Waals surface area contributed by atoms with E-state index in [1.807, 2.05) is 0 Å². The van der Waals surface area contributed by atoms with Gasteiger partial charge in [-0.1, -0.05) is 72.3 Å². The van der Waals surface area contributed by atoms with Crippen molar-refractivity contribution in [3.63, 3.8) is 0 Å². The van der Waals surface area contributed by atoms with Crippen LogP contribution in [0.15, 0.2) is 84.9 Å². The summed E-state index contributed by atoms with van der Waals surface area (Å²) < 4.78 is -1.48. The summed E-state index contributed by atoms with van der Waals surface area (Å²) in [5, 5.41) is 11.6. The highest BCUT2D eigenvalue weighted by atomic mass is 35.5. The average molecular weight is 453 g/mol. The van der Waals surface area contributed by atoms with Crippen molar-refractivity contribution >= 4 is 40.2 Å². The molecule has 31 heavy (non-hydrogen) atoms. The van der Waals surface area contributed by atoms with Crippen molar-refractivity contribution in [1.29, 1.82) is 0 Å². The minimum absolute atomic E-state index is 0.373. The molecule has 0 radical (unpaired) electrons. The molecule has 6 nitrogen and oxygen atoms in total. The van der Waals surface area contributed by atoms with E-state index in [2.05, 4.69) is 0 Å². The quantitative estimate of drug-likeness (QED) is 0.364. The van der Waals surface area contributed by atoms with Crippen LogP contribution in [0.4, 0.5) is 10.5 Å². The maximum atomic E-state index is 13.9. The number of carbonyl (C=O) groups is 2. The molecule has 0 bridgehead atoms. The highest BCUT2D eigenvalue weighted by molar-refractivity contribution is 8.16. The molecule has 1 heterocycles. The first-order valence-corrected chi connectivity index (χ1v) is 10.7. The van der Waals surface area contributed by atoms with Gasteiger partial charge in [0.25, 0.3) is 11.1 Å². The van der Waals surface area contributed by atoms with Gasteiger partial charge in [0.2, 0.25) is 6.54 Å². The second-order valence-corrected chi connectivity index (χ2v) is 8.70. The van der Waals surface area contributed by atoms with Gasteiger partial charge in [-0.2, -0.15) is 0 Å². The lowest BCUT2D eigenvalue weighted by Gasteiger charge is -2.32. The van der Waals surface area contributed by atoms with Crippen molar-refractivity contribution in [2.75, 3.05) is 11.4 Å². The van der Waals surface area contributed by atoms with Gasteiger partial charge >= 0.3 is 0 Å². The maximum Gasteiger partial charge on any atom is 0.294 e. The summed E-state index contributed by atoms with van der Waals surface area (Å²) in [7, 11) is 0. The number of benzene rings is 3. The number of halogens is 1. The molecule has 1 aliphatic heterocycles. The first-order valence-electron chi connectivity index (χ1n) is 9.49. The number of anilines is 1. The molecule has 156 valence electrons. The van der Waals surface area contributed by atoms with E-state index in [1.54, 1.807) is 84.9 Å². The third kappa shape index (κ3) is 3.82. The van der Waals surface area contributed by atoms with Crippen molar-refractivity contribution < 1.29 is 14.5 Å². The summed E-state index contributed by atoms with van der Waals surface area (Å²) in [4.78, 5) is 39.4. The van der Waals surface area contributed by atoms with Gasteiger partial charge in [0, 0.05) is 9.95 Å². The molecule has 0 aromatic heterocycles. The number of amides is 2. The number of hydrogen-bond donors (Lipinski definition) is 0. The largest absolute Gasteiger partial charge is 0.294 e. The standard InChI is InChI=1S/C23H17ClN2O4S/c24-18-11-13-19(14-12-18)26-21(27)23(31-22(26)28,17-9-5-2-6-10-17)20(15-25(29)30)16-7-3-1-4-8-16/h1-14,20H,15H2/t20-,23-/m1/s1. The Morgan fingerprint density at radius 1 is 0.935 bits per heavy atom. The van der Waals surface area contributed by atoms with E-state index in [-0.39, 0.29) is 0 Å². The Hall–Kier alpha value is -3.16. The Balaban J connectivity index is 1.92. The van der Waals surface area contributed by atoms with Gasteiger partial charge in [0.05, 0.1) is 11.6 Å². The first-order chi connectivity index (χ1) is 14.9. The Morgan fingerprint density at radius 2 is 1.52 bits per heavy atom. The van der Waals surface area contributed by atoms with Gasteiger partial charge in [-0.3, -0.25) is 19.7 Å². The predicted molar refractivity (Wildman–Crippen MR) is 121 cm³/mol. The lowest BCUT2D eigenvalue weighted by atomic mass is 9.79. The van der Waals surface area contributed by atoms with Crippen molar-refractivity contribution in [1.82, 2.24) is 0 Å². The number of carbonyl (C=O) groups excluding carboxylic acids is 2. The molecule has 3 aromatic rings. The highest BCUT2D eigenvalue weighted by Gasteiger charge is 2.60. The summed E-state index contributed by atoms with van der Waals surface area (Å²) in [6, 6.07) is 24.0. The summed E-state index contributed by atoms with van der Waals surface area (Å²) >= 11 is 6.79. The van der Waals surface area contributed by atoms with Crippen LogP contribution in [0.5, 0.6) is 0 Å².